The van der Waals surface area contributed by atoms with Gasteiger partial charge in [0, 0.05) is 19.7 Å². The van der Waals surface area contributed by atoms with Crippen LogP contribution in [0.15, 0.2) is 48.7 Å². The Kier molecular flexibility index (Phi) is 5.76. The van der Waals surface area contributed by atoms with Crippen LogP contribution in [0.4, 0.5) is 4.39 Å². The largest absolute Gasteiger partial charge is 0.348 e. The van der Waals surface area contributed by atoms with Gasteiger partial charge in [-0.15, -0.1) is 0 Å². The van der Waals surface area contributed by atoms with Crippen LogP contribution in [-0.2, 0) is 11.3 Å². The Labute approximate surface area is 148 Å². The average Bonchev–Trinajstić information content (AvgIpc) is 2.61. The number of benzene rings is 1. The molecular weight excluding hydrogens is 317 g/mol. The number of halogens is 1. The number of piperidine rings is 1. The number of amides is 1. The van der Waals surface area contributed by atoms with Crippen molar-refractivity contribution in [1.82, 2.24) is 15.2 Å². The van der Waals surface area contributed by atoms with E-state index in [0.717, 1.165) is 43.7 Å². The van der Waals surface area contributed by atoms with Crippen LogP contribution >= 0.6 is 0 Å². The molecule has 0 radical (unpaired) electrons. The highest BCUT2D eigenvalue weighted by Gasteiger charge is 2.29. The van der Waals surface area contributed by atoms with E-state index in [1.165, 1.54) is 6.07 Å². The average molecular weight is 341 g/mol. The van der Waals surface area contributed by atoms with Crippen LogP contribution in [0, 0.1) is 11.7 Å². The van der Waals surface area contributed by atoms with Crippen molar-refractivity contribution in [2.75, 3.05) is 13.1 Å². The number of nitrogens with one attached hydrogen (secondary N) is 1. The smallest absolute Gasteiger partial charge is 0.217 e. The Balaban J connectivity index is 1.62. The molecule has 2 heterocycles. The third-order valence-corrected chi connectivity index (χ3v) is 4.76. The van der Waals surface area contributed by atoms with Crippen LogP contribution in [0.5, 0.6) is 0 Å². The molecular formula is C20H24FN3O. The molecule has 5 heteroatoms. The normalized spacial score (nSPS) is 17.2. The van der Waals surface area contributed by atoms with Crippen molar-refractivity contribution in [3.8, 4) is 0 Å². The van der Waals surface area contributed by atoms with Crippen molar-refractivity contribution in [2.24, 2.45) is 5.92 Å². The Hall–Kier alpha value is -2.27. The maximum atomic E-state index is 13.3. The van der Waals surface area contributed by atoms with Crippen molar-refractivity contribution >= 4 is 5.91 Å². The molecule has 1 N–H and O–H groups in total. The molecule has 1 saturated heterocycles. The third-order valence-electron chi connectivity index (χ3n) is 4.76. The van der Waals surface area contributed by atoms with Gasteiger partial charge in [0.25, 0.3) is 0 Å². The molecule has 2 aromatic rings. The third kappa shape index (κ3) is 4.86. The standard InChI is InChI=1S/C20H24FN3O/c1-15(25)23-20(19-7-2-3-10-22-19)17-8-11-24(12-9-17)14-16-5-4-6-18(21)13-16/h2-7,10,13,17,20H,8-9,11-12,14H2,1H3,(H,23,25). The van der Waals surface area contributed by atoms with Gasteiger partial charge in [0.15, 0.2) is 0 Å². The molecule has 0 saturated carbocycles. The van der Waals surface area contributed by atoms with Crippen LogP contribution in [0.3, 0.4) is 0 Å². The monoisotopic (exact) mass is 341 g/mol. The van der Waals surface area contributed by atoms with Crippen molar-refractivity contribution in [3.63, 3.8) is 0 Å². The number of rotatable bonds is 5. The summed E-state index contributed by atoms with van der Waals surface area (Å²) >= 11 is 0. The second kappa shape index (κ2) is 8.21. The molecule has 1 amide bonds. The summed E-state index contributed by atoms with van der Waals surface area (Å²) in [5.74, 6) is 0.147. The number of nitrogens with zero attached hydrogens (tertiary/aromatic N) is 2. The topological polar surface area (TPSA) is 45.2 Å². The van der Waals surface area contributed by atoms with Gasteiger partial charge in [-0.25, -0.2) is 4.39 Å². The zero-order chi connectivity index (χ0) is 17.6. The zero-order valence-corrected chi connectivity index (χ0v) is 14.5. The van der Waals surface area contributed by atoms with Gasteiger partial charge in [-0.1, -0.05) is 18.2 Å². The molecule has 1 aromatic heterocycles. The highest BCUT2D eigenvalue weighted by molar-refractivity contribution is 5.73. The SMILES string of the molecule is CC(=O)NC(c1ccccn1)C1CCN(Cc2cccc(F)c2)CC1. The summed E-state index contributed by atoms with van der Waals surface area (Å²) in [5.41, 5.74) is 1.92. The van der Waals surface area contributed by atoms with Crippen LogP contribution in [0.1, 0.15) is 37.1 Å². The predicted octanol–water partition coefficient (Wildman–Crippen LogP) is 3.31. The number of hydrogen-bond acceptors (Lipinski definition) is 3. The lowest BCUT2D eigenvalue weighted by molar-refractivity contribution is -0.120. The van der Waals surface area contributed by atoms with Gasteiger partial charge < -0.3 is 5.32 Å². The van der Waals surface area contributed by atoms with E-state index in [1.807, 2.05) is 24.3 Å². The molecule has 1 aliphatic heterocycles. The van der Waals surface area contributed by atoms with E-state index in [1.54, 1.807) is 25.3 Å². The van der Waals surface area contributed by atoms with E-state index < -0.39 is 0 Å². The van der Waals surface area contributed by atoms with Crippen LogP contribution in [0.25, 0.3) is 0 Å². The number of carbonyl (C=O) groups excluding carboxylic acids is 1. The van der Waals surface area contributed by atoms with Gasteiger partial charge in [0.2, 0.25) is 5.91 Å². The first-order chi connectivity index (χ1) is 12.1. The molecule has 1 aromatic carbocycles. The zero-order valence-electron chi connectivity index (χ0n) is 14.5. The Morgan fingerprint density at radius 3 is 2.72 bits per heavy atom. The highest BCUT2D eigenvalue weighted by Crippen LogP contribution is 2.30. The number of carbonyl (C=O) groups is 1. The number of likely N-dealkylation sites (tertiary alicyclic amines) is 1. The lowest BCUT2D eigenvalue weighted by atomic mass is 9.87. The van der Waals surface area contributed by atoms with Gasteiger partial charge in [0.05, 0.1) is 11.7 Å². The van der Waals surface area contributed by atoms with Gasteiger partial charge in [-0.2, -0.15) is 0 Å². The molecule has 1 unspecified atom stereocenters. The lowest BCUT2D eigenvalue weighted by Crippen LogP contribution is -2.40. The fourth-order valence-electron chi connectivity index (χ4n) is 3.55. The summed E-state index contributed by atoms with van der Waals surface area (Å²) in [6, 6.07) is 12.6. The second-order valence-corrected chi connectivity index (χ2v) is 6.68. The maximum absolute atomic E-state index is 13.3. The Morgan fingerprint density at radius 1 is 1.28 bits per heavy atom. The van der Waals surface area contributed by atoms with Gasteiger partial charge in [0.1, 0.15) is 5.82 Å². The molecule has 3 rings (SSSR count). The first-order valence-electron chi connectivity index (χ1n) is 8.76. The van der Waals surface area contributed by atoms with E-state index >= 15 is 0 Å². The molecule has 1 fully saturated rings. The predicted molar refractivity (Wildman–Crippen MR) is 95.2 cm³/mol. The Bertz CT molecular complexity index is 699. The quantitative estimate of drug-likeness (QED) is 0.907. The molecule has 0 aliphatic carbocycles. The van der Waals surface area contributed by atoms with E-state index in [0.29, 0.717) is 5.92 Å². The van der Waals surface area contributed by atoms with Gasteiger partial charge in [-0.05, 0) is 61.7 Å². The molecule has 1 aliphatic rings. The number of aromatic nitrogens is 1. The lowest BCUT2D eigenvalue weighted by Gasteiger charge is -2.36. The first kappa shape index (κ1) is 17.5. The fraction of sp³-hybridized carbons (Fsp3) is 0.400. The summed E-state index contributed by atoms with van der Waals surface area (Å²) < 4.78 is 13.3. The van der Waals surface area contributed by atoms with E-state index in [4.69, 9.17) is 0 Å². The van der Waals surface area contributed by atoms with E-state index in [2.05, 4.69) is 15.2 Å². The maximum Gasteiger partial charge on any atom is 0.217 e. The Morgan fingerprint density at radius 2 is 2.08 bits per heavy atom. The summed E-state index contributed by atoms with van der Waals surface area (Å²) in [6.45, 7) is 4.18. The van der Waals surface area contributed by atoms with E-state index in [-0.39, 0.29) is 17.8 Å². The minimum atomic E-state index is -0.187. The van der Waals surface area contributed by atoms with Crippen molar-refractivity contribution in [3.05, 3.63) is 65.7 Å². The second-order valence-electron chi connectivity index (χ2n) is 6.68. The van der Waals surface area contributed by atoms with Crippen LogP contribution in [-0.4, -0.2) is 28.9 Å². The summed E-state index contributed by atoms with van der Waals surface area (Å²) in [7, 11) is 0. The molecule has 132 valence electrons. The number of hydrogen-bond donors (Lipinski definition) is 1. The summed E-state index contributed by atoms with van der Waals surface area (Å²) in [6.07, 6.45) is 3.73. The summed E-state index contributed by atoms with van der Waals surface area (Å²) in [5, 5.41) is 3.07. The first-order valence-corrected chi connectivity index (χ1v) is 8.76. The highest BCUT2D eigenvalue weighted by atomic mass is 19.1. The van der Waals surface area contributed by atoms with Crippen molar-refractivity contribution in [2.45, 2.75) is 32.4 Å². The molecule has 4 nitrogen and oxygen atoms in total. The minimum absolute atomic E-state index is 0.0298. The van der Waals surface area contributed by atoms with Gasteiger partial charge in [-0.3, -0.25) is 14.7 Å². The molecule has 0 bridgehead atoms. The number of pyridine rings is 1. The van der Waals surface area contributed by atoms with E-state index in [9.17, 15) is 9.18 Å². The fourth-order valence-corrected chi connectivity index (χ4v) is 3.55. The van der Waals surface area contributed by atoms with Gasteiger partial charge >= 0.3 is 0 Å². The molecule has 0 spiro atoms. The minimum Gasteiger partial charge on any atom is -0.348 e. The van der Waals surface area contributed by atoms with Crippen molar-refractivity contribution in [1.29, 1.82) is 0 Å². The van der Waals surface area contributed by atoms with Crippen LogP contribution in [0.2, 0.25) is 0 Å². The van der Waals surface area contributed by atoms with Crippen LogP contribution < -0.4 is 5.32 Å². The molecule has 1 atom stereocenters. The summed E-state index contributed by atoms with van der Waals surface area (Å²) in [4.78, 5) is 18.4. The molecule has 25 heavy (non-hydrogen) atoms. The van der Waals surface area contributed by atoms with Crippen molar-refractivity contribution < 1.29 is 9.18 Å².